The van der Waals surface area contributed by atoms with Crippen LogP contribution >= 0.6 is 0 Å². The molecule has 0 aliphatic rings. The monoisotopic (exact) mass is 392 g/mol. The fourth-order valence-corrected chi connectivity index (χ4v) is 4.00. The first kappa shape index (κ1) is 20.9. The van der Waals surface area contributed by atoms with Gasteiger partial charge in [-0.1, -0.05) is 30.3 Å². The number of nitrogens with two attached hydrogens (primary N) is 1. The van der Waals surface area contributed by atoms with Crippen LogP contribution in [0.25, 0.3) is 0 Å². The van der Waals surface area contributed by atoms with Crippen LogP contribution in [-0.2, 0) is 38.2 Å². The Morgan fingerprint density at radius 2 is 1.74 bits per heavy atom. The Labute approximate surface area is 158 Å². The molecule has 146 valence electrons. The SMILES string of the molecule is CC(C)(C)OC(=O)Cn1c(CN)ccc(S(=O)(=O)Cc2ccccc2)c1=O. The van der Waals surface area contributed by atoms with E-state index in [0.717, 1.165) is 4.57 Å². The van der Waals surface area contributed by atoms with Gasteiger partial charge in [-0.05, 0) is 38.5 Å². The maximum Gasteiger partial charge on any atom is 0.326 e. The number of benzene rings is 1. The van der Waals surface area contributed by atoms with E-state index in [0.29, 0.717) is 11.3 Å². The molecule has 27 heavy (non-hydrogen) atoms. The number of sulfone groups is 1. The van der Waals surface area contributed by atoms with Crippen molar-refractivity contribution in [2.75, 3.05) is 0 Å². The fourth-order valence-electron chi connectivity index (χ4n) is 2.56. The molecular formula is C19H24N2O5S. The number of carbonyl (C=O) groups excluding carboxylic acids is 1. The van der Waals surface area contributed by atoms with E-state index in [1.54, 1.807) is 51.1 Å². The van der Waals surface area contributed by atoms with E-state index in [2.05, 4.69) is 0 Å². The molecule has 0 bridgehead atoms. The van der Waals surface area contributed by atoms with Crippen LogP contribution in [0.1, 0.15) is 32.0 Å². The van der Waals surface area contributed by atoms with Gasteiger partial charge in [-0.15, -0.1) is 0 Å². The van der Waals surface area contributed by atoms with Gasteiger partial charge in [-0.3, -0.25) is 14.2 Å². The van der Waals surface area contributed by atoms with Crippen molar-refractivity contribution < 1.29 is 17.9 Å². The third kappa shape index (κ3) is 5.51. The molecule has 0 saturated heterocycles. The molecule has 2 N–H and O–H groups in total. The summed E-state index contributed by atoms with van der Waals surface area (Å²) in [5.74, 6) is -0.950. The van der Waals surface area contributed by atoms with Gasteiger partial charge >= 0.3 is 5.97 Å². The van der Waals surface area contributed by atoms with Crippen LogP contribution < -0.4 is 11.3 Å². The lowest BCUT2D eigenvalue weighted by Gasteiger charge is -2.21. The van der Waals surface area contributed by atoms with Crippen LogP contribution in [0.15, 0.2) is 52.2 Å². The van der Waals surface area contributed by atoms with Crippen LogP contribution in [0.3, 0.4) is 0 Å². The third-order valence-electron chi connectivity index (χ3n) is 3.68. The summed E-state index contributed by atoms with van der Waals surface area (Å²) < 4.78 is 31.7. The molecule has 0 fully saturated rings. The largest absolute Gasteiger partial charge is 0.459 e. The van der Waals surface area contributed by atoms with Gasteiger partial charge in [-0.25, -0.2) is 8.42 Å². The fraction of sp³-hybridized carbons (Fsp3) is 0.368. The second kappa shape index (κ2) is 8.06. The standard InChI is InChI=1S/C19H24N2O5S/c1-19(2,3)26-17(22)12-21-15(11-20)9-10-16(18(21)23)27(24,25)13-14-7-5-4-6-8-14/h4-10H,11-13,20H2,1-3H3. The van der Waals surface area contributed by atoms with Crippen molar-refractivity contribution >= 4 is 15.8 Å². The van der Waals surface area contributed by atoms with E-state index >= 15 is 0 Å². The zero-order valence-corrected chi connectivity index (χ0v) is 16.5. The highest BCUT2D eigenvalue weighted by Gasteiger charge is 2.24. The minimum Gasteiger partial charge on any atom is -0.459 e. The number of rotatable bonds is 6. The molecule has 1 heterocycles. The van der Waals surface area contributed by atoms with Gasteiger partial charge in [0.2, 0.25) is 0 Å². The second-order valence-corrected chi connectivity index (χ2v) is 9.07. The summed E-state index contributed by atoms with van der Waals surface area (Å²) in [5.41, 5.74) is 5.06. The summed E-state index contributed by atoms with van der Waals surface area (Å²) in [6, 6.07) is 11.3. The highest BCUT2D eigenvalue weighted by molar-refractivity contribution is 7.90. The van der Waals surface area contributed by atoms with Gasteiger partial charge in [-0.2, -0.15) is 0 Å². The number of ether oxygens (including phenoxy) is 1. The lowest BCUT2D eigenvalue weighted by molar-refractivity contribution is -0.155. The number of carbonyl (C=O) groups is 1. The first-order valence-electron chi connectivity index (χ1n) is 8.45. The molecule has 2 aromatic rings. The Morgan fingerprint density at radius 1 is 1.11 bits per heavy atom. The Bertz CT molecular complexity index is 973. The molecule has 1 aromatic carbocycles. The number of pyridine rings is 1. The lowest BCUT2D eigenvalue weighted by Crippen LogP contribution is -2.34. The number of nitrogens with zero attached hydrogens (tertiary/aromatic N) is 1. The zero-order chi connectivity index (χ0) is 20.2. The number of aromatic nitrogens is 1. The molecule has 7 nitrogen and oxygen atoms in total. The minimum atomic E-state index is -3.89. The van der Waals surface area contributed by atoms with E-state index < -0.39 is 33.5 Å². The average Bonchev–Trinajstić information content (AvgIpc) is 2.55. The van der Waals surface area contributed by atoms with E-state index in [1.165, 1.54) is 12.1 Å². The summed E-state index contributed by atoms with van der Waals surface area (Å²) in [5, 5.41) is 0. The Kier molecular flexibility index (Phi) is 6.22. The molecule has 0 spiro atoms. The molecule has 0 unspecified atom stereocenters. The smallest absolute Gasteiger partial charge is 0.326 e. The van der Waals surface area contributed by atoms with Gasteiger partial charge < -0.3 is 10.5 Å². The molecular weight excluding hydrogens is 368 g/mol. The van der Waals surface area contributed by atoms with Gasteiger partial charge in [0.15, 0.2) is 9.84 Å². The van der Waals surface area contributed by atoms with Crippen LogP contribution in [-0.4, -0.2) is 24.6 Å². The number of hydrogen-bond acceptors (Lipinski definition) is 6. The number of esters is 1. The normalized spacial score (nSPS) is 12.0. The topological polar surface area (TPSA) is 108 Å². The molecule has 8 heteroatoms. The van der Waals surface area contributed by atoms with Crippen LogP contribution in [0, 0.1) is 0 Å². The highest BCUT2D eigenvalue weighted by Crippen LogP contribution is 2.15. The Hall–Kier alpha value is -2.45. The minimum absolute atomic E-state index is 0.0168. The quantitative estimate of drug-likeness (QED) is 0.749. The van der Waals surface area contributed by atoms with Crippen molar-refractivity contribution in [3.05, 3.63) is 64.1 Å². The van der Waals surface area contributed by atoms with E-state index in [-0.39, 0.29) is 17.2 Å². The van der Waals surface area contributed by atoms with E-state index in [1.807, 2.05) is 0 Å². The van der Waals surface area contributed by atoms with Crippen molar-refractivity contribution in [1.29, 1.82) is 0 Å². The van der Waals surface area contributed by atoms with Crippen LogP contribution in [0.2, 0.25) is 0 Å². The van der Waals surface area contributed by atoms with E-state index in [4.69, 9.17) is 10.5 Å². The summed E-state index contributed by atoms with van der Waals surface area (Å²) in [6.07, 6.45) is 0. The Morgan fingerprint density at radius 3 is 2.30 bits per heavy atom. The van der Waals surface area contributed by atoms with Crippen molar-refractivity contribution in [2.24, 2.45) is 5.73 Å². The van der Waals surface area contributed by atoms with Crippen molar-refractivity contribution in [2.45, 2.75) is 50.1 Å². The molecule has 0 radical (unpaired) electrons. The summed E-state index contributed by atoms with van der Waals surface area (Å²) >= 11 is 0. The predicted molar refractivity (Wildman–Crippen MR) is 102 cm³/mol. The molecule has 0 saturated carbocycles. The Balaban J connectivity index is 2.42. The number of hydrogen-bond donors (Lipinski definition) is 1. The molecule has 0 aliphatic carbocycles. The zero-order valence-electron chi connectivity index (χ0n) is 15.6. The van der Waals surface area contributed by atoms with Gasteiger partial charge in [0, 0.05) is 12.2 Å². The van der Waals surface area contributed by atoms with Crippen molar-refractivity contribution in [1.82, 2.24) is 4.57 Å². The highest BCUT2D eigenvalue weighted by atomic mass is 32.2. The van der Waals surface area contributed by atoms with Crippen LogP contribution in [0.5, 0.6) is 0 Å². The van der Waals surface area contributed by atoms with Gasteiger partial charge in [0.05, 0.1) is 5.75 Å². The molecule has 2 rings (SSSR count). The maximum atomic E-state index is 12.8. The summed E-state index contributed by atoms with van der Waals surface area (Å²) in [4.78, 5) is 24.6. The summed E-state index contributed by atoms with van der Waals surface area (Å²) in [6.45, 7) is 4.70. The first-order valence-corrected chi connectivity index (χ1v) is 10.1. The summed E-state index contributed by atoms with van der Waals surface area (Å²) in [7, 11) is -3.89. The predicted octanol–water partition coefficient (Wildman–Crippen LogP) is 1.62. The second-order valence-electron chi connectivity index (χ2n) is 7.12. The van der Waals surface area contributed by atoms with Gasteiger partial charge in [0.25, 0.3) is 5.56 Å². The first-order chi connectivity index (χ1) is 12.5. The van der Waals surface area contributed by atoms with E-state index in [9.17, 15) is 18.0 Å². The van der Waals surface area contributed by atoms with Crippen LogP contribution in [0.4, 0.5) is 0 Å². The van der Waals surface area contributed by atoms with Crippen molar-refractivity contribution in [3.8, 4) is 0 Å². The molecule has 0 amide bonds. The molecule has 0 aliphatic heterocycles. The van der Waals surface area contributed by atoms with Gasteiger partial charge in [0.1, 0.15) is 17.0 Å². The molecule has 0 atom stereocenters. The molecule has 1 aromatic heterocycles. The average molecular weight is 392 g/mol. The lowest BCUT2D eigenvalue weighted by atomic mass is 10.2. The maximum absolute atomic E-state index is 12.8. The third-order valence-corrected chi connectivity index (χ3v) is 5.37. The van der Waals surface area contributed by atoms with Crippen molar-refractivity contribution in [3.63, 3.8) is 0 Å².